The Morgan fingerprint density at radius 2 is 1.31 bits per heavy atom. The van der Waals surface area contributed by atoms with E-state index in [-0.39, 0.29) is 23.5 Å². The van der Waals surface area contributed by atoms with Crippen LogP contribution in [0.15, 0.2) is 133 Å². The van der Waals surface area contributed by atoms with Gasteiger partial charge in [0.1, 0.15) is 6.10 Å². The van der Waals surface area contributed by atoms with Crippen LogP contribution >= 0.6 is 0 Å². The molecule has 0 amide bonds. The van der Waals surface area contributed by atoms with E-state index in [2.05, 4.69) is 106 Å². The number of benzene rings is 4. The van der Waals surface area contributed by atoms with Gasteiger partial charge in [-0.05, 0) is 27.4 Å². The monoisotopic (exact) mass is 578 g/mol. The Labute approximate surface area is 252 Å². The molecule has 4 aromatic rings. The van der Waals surface area contributed by atoms with E-state index in [0.29, 0.717) is 26.2 Å². The molecule has 0 spiro atoms. The summed E-state index contributed by atoms with van der Waals surface area (Å²) in [5.41, 5.74) is 2.16. The summed E-state index contributed by atoms with van der Waals surface area (Å²) in [7, 11) is -2.59. The first-order valence-electron chi connectivity index (χ1n) is 14.8. The summed E-state index contributed by atoms with van der Waals surface area (Å²) in [5, 5.41) is 2.50. The van der Waals surface area contributed by atoms with Crippen molar-refractivity contribution < 1.29 is 18.6 Å². The molecule has 218 valence electrons. The summed E-state index contributed by atoms with van der Waals surface area (Å²) >= 11 is 0. The minimum absolute atomic E-state index is 0.0631. The minimum atomic E-state index is -2.59. The van der Waals surface area contributed by atoms with Crippen molar-refractivity contribution >= 4 is 18.7 Å². The van der Waals surface area contributed by atoms with E-state index < -0.39 is 8.32 Å². The van der Waals surface area contributed by atoms with E-state index in [1.54, 1.807) is 0 Å². The molecule has 0 bridgehead atoms. The van der Waals surface area contributed by atoms with Crippen LogP contribution in [-0.4, -0.2) is 33.7 Å². The summed E-state index contributed by atoms with van der Waals surface area (Å²) in [4.78, 5) is 0. The van der Waals surface area contributed by atoms with Gasteiger partial charge in [-0.15, -0.1) is 0 Å². The maximum absolute atomic E-state index is 7.03. The van der Waals surface area contributed by atoms with Crippen LogP contribution < -0.4 is 10.4 Å². The molecule has 1 aliphatic rings. The molecule has 5 heteroatoms. The van der Waals surface area contributed by atoms with Crippen LogP contribution in [0.5, 0.6) is 0 Å². The summed E-state index contributed by atoms with van der Waals surface area (Å²) in [6.07, 6.45) is 4.33. The first-order chi connectivity index (χ1) is 20.5. The van der Waals surface area contributed by atoms with Crippen LogP contribution in [-0.2, 0) is 25.2 Å². The van der Waals surface area contributed by atoms with Crippen molar-refractivity contribution in [1.29, 1.82) is 0 Å². The van der Waals surface area contributed by atoms with Gasteiger partial charge in [-0.2, -0.15) is 0 Å². The lowest BCUT2D eigenvalue weighted by atomic mass is 10.1. The highest BCUT2D eigenvalue weighted by molar-refractivity contribution is 6.99. The summed E-state index contributed by atoms with van der Waals surface area (Å²) < 4.78 is 25.9. The zero-order chi connectivity index (χ0) is 29.3. The molecule has 1 unspecified atom stereocenters. The Hall–Kier alpha value is -3.32. The van der Waals surface area contributed by atoms with Gasteiger partial charge in [0.05, 0.1) is 25.9 Å². The normalized spacial score (nSPS) is 18.4. The van der Waals surface area contributed by atoms with Gasteiger partial charge in [0.15, 0.2) is 6.29 Å². The van der Waals surface area contributed by atoms with Gasteiger partial charge in [0.2, 0.25) is 0 Å². The van der Waals surface area contributed by atoms with Gasteiger partial charge < -0.3 is 18.6 Å². The fraction of sp³-hybridized carbons (Fsp3) is 0.297. The van der Waals surface area contributed by atoms with E-state index in [1.807, 2.05) is 48.5 Å². The van der Waals surface area contributed by atoms with E-state index in [4.69, 9.17) is 18.6 Å². The van der Waals surface area contributed by atoms with Crippen LogP contribution in [0.3, 0.4) is 0 Å². The highest BCUT2D eigenvalue weighted by Gasteiger charge is 2.49. The summed E-state index contributed by atoms with van der Waals surface area (Å²) in [6, 6.07) is 41.9. The molecule has 1 fully saturated rings. The minimum Gasteiger partial charge on any atom is -0.404 e. The third-order valence-corrected chi connectivity index (χ3v) is 12.9. The van der Waals surface area contributed by atoms with Crippen LogP contribution in [0.25, 0.3) is 0 Å². The number of hydrogen-bond donors (Lipinski definition) is 0. The van der Waals surface area contributed by atoms with Crippen LogP contribution in [0.2, 0.25) is 5.04 Å². The van der Waals surface area contributed by atoms with Gasteiger partial charge in [-0.1, -0.05) is 154 Å². The third-order valence-electron chi connectivity index (χ3n) is 7.85. The highest BCUT2D eigenvalue weighted by atomic mass is 28.4. The lowest BCUT2D eigenvalue weighted by Crippen LogP contribution is -2.66. The Morgan fingerprint density at radius 1 is 0.762 bits per heavy atom. The Bertz CT molecular complexity index is 1330. The highest BCUT2D eigenvalue weighted by Crippen LogP contribution is 2.37. The predicted octanol–water partition coefficient (Wildman–Crippen LogP) is 7.21. The SMILES string of the molecule is CC(C)(C)[Si](OC/C=C/C[C@@H](OCc1ccccc1)[C@@H]1COC(c2ccccc2)O1)(c1ccccc1)c1ccccc1. The van der Waals surface area contributed by atoms with Crippen LogP contribution in [0.4, 0.5) is 0 Å². The van der Waals surface area contributed by atoms with Crippen LogP contribution in [0, 0.1) is 0 Å². The first kappa shape index (κ1) is 30.1. The average molecular weight is 579 g/mol. The van der Waals surface area contributed by atoms with Crippen molar-refractivity contribution in [2.75, 3.05) is 13.2 Å². The topological polar surface area (TPSA) is 36.9 Å². The molecule has 0 radical (unpaired) electrons. The predicted molar refractivity (Wildman–Crippen MR) is 172 cm³/mol. The molecule has 1 saturated heterocycles. The zero-order valence-corrected chi connectivity index (χ0v) is 25.9. The van der Waals surface area contributed by atoms with Crippen molar-refractivity contribution in [2.45, 2.75) is 57.3 Å². The standard InChI is InChI=1S/C37H42O4Si/c1-37(2,3)42(32-22-12-6-13-23-32,33-24-14-7-15-25-33)40-27-17-16-26-34(38-28-30-18-8-4-9-19-30)35-29-39-36(41-35)31-20-10-5-11-21-31/h4-25,34-36H,26-29H2,1-3H3/b17-16+/t34-,35+,36?/m1/s1. The molecule has 5 rings (SSSR count). The second-order valence-electron chi connectivity index (χ2n) is 11.8. The smallest absolute Gasteiger partial charge is 0.261 e. The third kappa shape index (κ3) is 7.17. The molecule has 0 aliphatic carbocycles. The van der Waals surface area contributed by atoms with Crippen LogP contribution in [0.1, 0.15) is 44.6 Å². The molecule has 4 nitrogen and oxygen atoms in total. The van der Waals surface area contributed by atoms with Crippen molar-refractivity contribution in [1.82, 2.24) is 0 Å². The Kier molecular flexibility index (Phi) is 10.2. The molecule has 1 aliphatic heterocycles. The summed E-state index contributed by atoms with van der Waals surface area (Å²) in [5.74, 6) is 0. The second kappa shape index (κ2) is 14.2. The second-order valence-corrected chi connectivity index (χ2v) is 16.1. The van der Waals surface area contributed by atoms with Gasteiger partial charge in [0, 0.05) is 5.56 Å². The number of hydrogen-bond acceptors (Lipinski definition) is 4. The average Bonchev–Trinajstić information content (AvgIpc) is 3.52. The maximum atomic E-state index is 7.03. The fourth-order valence-electron chi connectivity index (χ4n) is 5.74. The molecular weight excluding hydrogens is 536 g/mol. The molecule has 1 heterocycles. The maximum Gasteiger partial charge on any atom is 0.261 e. The van der Waals surface area contributed by atoms with Gasteiger partial charge in [-0.3, -0.25) is 0 Å². The number of ether oxygens (including phenoxy) is 3. The quantitative estimate of drug-likeness (QED) is 0.132. The lowest BCUT2D eigenvalue weighted by Gasteiger charge is -2.42. The van der Waals surface area contributed by atoms with Gasteiger partial charge in [-0.25, -0.2) is 0 Å². The Balaban J connectivity index is 1.30. The van der Waals surface area contributed by atoms with Crippen molar-refractivity contribution in [3.63, 3.8) is 0 Å². The largest absolute Gasteiger partial charge is 0.404 e. The van der Waals surface area contributed by atoms with Crippen molar-refractivity contribution in [2.24, 2.45) is 0 Å². The van der Waals surface area contributed by atoms with E-state index in [9.17, 15) is 0 Å². The Morgan fingerprint density at radius 3 is 1.88 bits per heavy atom. The lowest BCUT2D eigenvalue weighted by molar-refractivity contribution is -0.0997. The fourth-order valence-corrected chi connectivity index (χ4v) is 10.2. The van der Waals surface area contributed by atoms with E-state index in [0.717, 1.165) is 11.1 Å². The summed E-state index contributed by atoms with van der Waals surface area (Å²) in [6.45, 7) is 8.44. The van der Waals surface area contributed by atoms with E-state index >= 15 is 0 Å². The molecule has 0 aromatic heterocycles. The zero-order valence-electron chi connectivity index (χ0n) is 24.9. The van der Waals surface area contributed by atoms with Crippen molar-refractivity contribution in [3.05, 3.63) is 145 Å². The molecule has 4 aromatic carbocycles. The molecule has 42 heavy (non-hydrogen) atoms. The number of rotatable bonds is 12. The molecule has 0 N–H and O–H groups in total. The molecule has 0 saturated carbocycles. The molecule has 3 atom stereocenters. The molecular formula is C37H42O4Si. The van der Waals surface area contributed by atoms with Crippen molar-refractivity contribution in [3.8, 4) is 0 Å². The van der Waals surface area contributed by atoms with Gasteiger partial charge >= 0.3 is 0 Å². The first-order valence-corrected chi connectivity index (χ1v) is 16.8. The van der Waals surface area contributed by atoms with Gasteiger partial charge in [0.25, 0.3) is 8.32 Å². The van der Waals surface area contributed by atoms with E-state index in [1.165, 1.54) is 10.4 Å².